The summed E-state index contributed by atoms with van der Waals surface area (Å²) in [5.74, 6) is 0. The molecule has 0 fully saturated rings. The lowest BCUT2D eigenvalue weighted by molar-refractivity contribution is 0.124. The van der Waals surface area contributed by atoms with Crippen molar-refractivity contribution in [1.82, 2.24) is 14.7 Å². The molecule has 2 rings (SSSR count). The van der Waals surface area contributed by atoms with E-state index in [1.807, 2.05) is 49.6 Å². The third kappa shape index (κ3) is 3.56. The summed E-state index contributed by atoms with van der Waals surface area (Å²) in [4.78, 5) is 2.05. The van der Waals surface area contributed by atoms with Crippen LogP contribution in [0.2, 0.25) is 0 Å². The molecule has 0 bridgehead atoms. The Morgan fingerprint density at radius 2 is 2.16 bits per heavy atom. The first kappa shape index (κ1) is 13.6. The summed E-state index contributed by atoms with van der Waals surface area (Å²) in [7, 11) is 3.86. The number of benzene rings is 1. The predicted octanol–water partition coefficient (Wildman–Crippen LogP) is 1.17. The van der Waals surface area contributed by atoms with Gasteiger partial charge >= 0.3 is 0 Å². The van der Waals surface area contributed by atoms with Crippen LogP contribution in [0.1, 0.15) is 17.2 Å². The number of anilines is 1. The van der Waals surface area contributed by atoms with E-state index in [0.717, 1.165) is 17.7 Å². The Labute approximate surface area is 113 Å². The van der Waals surface area contributed by atoms with Gasteiger partial charge in [0, 0.05) is 43.1 Å². The van der Waals surface area contributed by atoms with E-state index in [1.54, 1.807) is 10.7 Å². The molecule has 19 heavy (non-hydrogen) atoms. The highest BCUT2D eigenvalue weighted by Crippen LogP contribution is 2.20. The molecule has 0 saturated carbocycles. The standard InChI is InChI=1S/C14H20N4O/c1-17(8-11-7-16-18(2)9-11)10-14(19)12-5-3-4-6-13(12)15/h3-7,9,14,19H,8,10,15H2,1-2H3. The predicted molar refractivity (Wildman–Crippen MR) is 75.4 cm³/mol. The molecule has 5 heteroatoms. The third-order valence-electron chi connectivity index (χ3n) is 3.05. The zero-order valence-electron chi connectivity index (χ0n) is 11.3. The smallest absolute Gasteiger partial charge is 0.0936 e. The molecule has 1 aromatic heterocycles. The number of aliphatic hydroxyl groups is 1. The highest BCUT2D eigenvalue weighted by atomic mass is 16.3. The van der Waals surface area contributed by atoms with Crippen molar-refractivity contribution in [3.05, 3.63) is 47.8 Å². The zero-order valence-corrected chi connectivity index (χ0v) is 11.3. The minimum absolute atomic E-state index is 0.531. The fourth-order valence-corrected chi connectivity index (χ4v) is 2.14. The van der Waals surface area contributed by atoms with Gasteiger partial charge in [-0.15, -0.1) is 0 Å². The molecule has 0 spiro atoms. The van der Waals surface area contributed by atoms with Crippen LogP contribution in [0.5, 0.6) is 0 Å². The van der Waals surface area contributed by atoms with E-state index < -0.39 is 6.10 Å². The molecule has 0 aliphatic carbocycles. The Balaban J connectivity index is 1.95. The largest absolute Gasteiger partial charge is 0.398 e. The number of aryl methyl sites for hydroxylation is 1. The molecule has 0 radical (unpaired) electrons. The normalized spacial score (nSPS) is 12.8. The van der Waals surface area contributed by atoms with Crippen molar-refractivity contribution in [2.75, 3.05) is 19.3 Å². The summed E-state index contributed by atoms with van der Waals surface area (Å²) >= 11 is 0. The Morgan fingerprint density at radius 3 is 2.79 bits per heavy atom. The fraction of sp³-hybridized carbons (Fsp3) is 0.357. The lowest BCUT2D eigenvalue weighted by atomic mass is 10.1. The number of likely N-dealkylation sites (N-methyl/N-ethyl adjacent to an activating group) is 1. The molecule has 102 valence electrons. The number of nitrogen functional groups attached to an aromatic ring is 1. The van der Waals surface area contributed by atoms with Gasteiger partial charge in [-0.1, -0.05) is 18.2 Å². The number of rotatable bonds is 5. The first-order valence-electron chi connectivity index (χ1n) is 6.25. The van der Waals surface area contributed by atoms with Crippen molar-refractivity contribution < 1.29 is 5.11 Å². The molecule has 0 aliphatic rings. The van der Waals surface area contributed by atoms with Crippen LogP contribution in [0.25, 0.3) is 0 Å². The van der Waals surface area contributed by atoms with Gasteiger partial charge in [0.05, 0.1) is 12.3 Å². The quantitative estimate of drug-likeness (QED) is 0.792. The van der Waals surface area contributed by atoms with E-state index in [1.165, 1.54) is 0 Å². The van der Waals surface area contributed by atoms with Crippen LogP contribution < -0.4 is 5.73 Å². The zero-order chi connectivity index (χ0) is 13.8. The van der Waals surface area contributed by atoms with Gasteiger partial charge in [0.25, 0.3) is 0 Å². The van der Waals surface area contributed by atoms with E-state index in [9.17, 15) is 5.11 Å². The van der Waals surface area contributed by atoms with Gasteiger partial charge in [0.2, 0.25) is 0 Å². The van der Waals surface area contributed by atoms with Gasteiger partial charge < -0.3 is 10.8 Å². The van der Waals surface area contributed by atoms with Gasteiger partial charge in [-0.2, -0.15) is 5.10 Å². The summed E-state index contributed by atoms with van der Waals surface area (Å²) in [6.07, 6.45) is 3.22. The number of hydrogen-bond acceptors (Lipinski definition) is 4. The molecule has 0 amide bonds. The van der Waals surface area contributed by atoms with Crippen LogP contribution in [0.4, 0.5) is 5.69 Å². The van der Waals surface area contributed by atoms with E-state index >= 15 is 0 Å². The molecular formula is C14H20N4O. The SMILES string of the molecule is CN(Cc1cnn(C)c1)CC(O)c1ccccc1N. The average Bonchev–Trinajstić information content (AvgIpc) is 2.74. The van der Waals surface area contributed by atoms with Crippen LogP contribution in [-0.2, 0) is 13.6 Å². The van der Waals surface area contributed by atoms with E-state index in [4.69, 9.17) is 5.73 Å². The summed E-state index contributed by atoms with van der Waals surface area (Å²) in [5, 5.41) is 14.3. The Bertz CT molecular complexity index is 538. The fourth-order valence-electron chi connectivity index (χ4n) is 2.14. The minimum atomic E-state index is -0.581. The Morgan fingerprint density at radius 1 is 1.42 bits per heavy atom. The van der Waals surface area contributed by atoms with Crippen molar-refractivity contribution in [2.24, 2.45) is 7.05 Å². The Kier molecular flexibility index (Phi) is 4.19. The van der Waals surface area contributed by atoms with Crippen LogP contribution in [0.3, 0.4) is 0 Å². The molecule has 1 atom stereocenters. The van der Waals surface area contributed by atoms with Crippen molar-refractivity contribution in [2.45, 2.75) is 12.6 Å². The second kappa shape index (κ2) is 5.86. The molecule has 2 aromatic rings. The summed E-state index contributed by atoms with van der Waals surface area (Å²) in [6.45, 7) is 1.28. The van der Waals surface area contributed by atoms with Crippen molar-refractivity contribution >= 4 is 5.69 Å². The first-order chi connectivity index (χ1) is 9.06. The maximum Gasteiger partial charge on any atom is 0.0936 e. The molecule has 1 heterocycles. The van der Waals surface area contributed by atoms with Gasteiger partial charge in [0.15, 0.2) is 0 Å². The number of nitrogens with zero attached hydrogens (tertiary/aromatic N) is 3. The van der Waals surface area contributed by atoms with Crippen LogP contribution in [0, 0.1) is 0 Å². The number of para-hydroxylation sites is 1. The minimum Gasteiger partial charge on any atom is -0.398 e. The molecule has 0 aliphatic heterocycles. The molecule has 1 unspecified atom stereocenters. The van der Waals surface area contributed by atoms with Gasteiger partial charge in [-0.05, 0) is 13.1 Å². The van der Waals surface area contributed by atoms with Crippen LogP contribution >= 0.6 is 0 Å². The first-order valence-corrected chi connectivity index (χ1v) is 6.25. The molecule has 1 aromatic carbocycles. The topological polar surface area (TPSA) is 67.3 Å². The maximum absolute atomic E-state index is 10.2. The van der Waals surface area contributed by atoms with Crippen LogP contribution in [0.15, 0.2) is 36.7 Å². The highest BCUT2D eigenvalue weighted by Gasteiger charge is 2.13. The van der Waals surface area contributed by atoms with Gasteiger partial charge in [0.1, 0.15) is 0 Å². The van der Waals surface area contributed by atoms with Crippen molar-refractivity contribution in [3.63, 3.8) is 0 Å². The summed E-state index contributed by atoms with van der Waals surface area (Å²) in [6, 6.07) is 7.42. The Hall–Kier alpha value is -1.85. The number of nitrogens with two attached hydrogens (primary N) is 1. The lowest BCUT2D eigenvalue weighted by Crippen LogP contribution is -2.24. The third-order valence-corrected chi connectivity index (χ3v) is 3.05. The van der Waals surface area contributed by atoms with E-state index in [-0.39, 0.29) is 0 Å². The number of hydrogen-bond donors (Lipinski definition) is 2. The van der Waals surface area contributed by atoms with E-state index in [2.05, 4.69) is 5.10 Å². The molecule has 3 N–H and O–H groups in total. The van der Waals surface area contributed by atoms with Gasteiger partial charge in [-0.3, -0.25) is 9.58 Å². The molecular weight excluding hydrogens is 240 g/mol. The number of aliphatic hydroxyl groups excluding tert-OH is 1. The van der Waals surface area contributed by atoms with Crippen molar-refractivity contribution in [3.8, 4) is 0 Å². The maximum atomic E-state index is 10.2. The van der Waals surface area contributed by atoms with Crippen molar-refractivity contribution in [1.29, 1.82) is 0 Å². The number of aromatic nitrogens is 2. The summed E-state index contributed by atoms with van der Waals surface area (Å²) in [5.41, 5.74) is 8.39. The average molecular weight is 260 g/mol. The van der Waals surface area contributed by atoms with Gasteiger partial charge in [-0.25, -0.2) is 0 Å². The second-order valence-corrected chi connectivity index (χ2v) is 4.86. The molecule has 5 nitrogen and oxygen atoms in total. The second-order valence-electron chi connectivity index (χ2n) is 4.86. The highest BCUT2D eigenvalue weighted by molar-refractivity contribution is 5.47. The van der Waals surface area contributed by atoms with Crippen LogP contribution in [-0.4, -0.2) is 33.4 Å². The lowest BCUT2D eigenvalue weighted by Gasteiger charge is -2.21. The monoisotopic (exact) mass is 260 g/mol. The summed E-state index contributed by atoms with van der Waals surface area (Å²) < 4.78 is 1.77. The molecule has 0 saturated heterocycles. The van der Waals surface area contributed by atoms with E-state index in [0.29, 0.717) is 12.2 Å².